The summed E-state index contributed by atoms with van der Waals surface area (Å²) in [5.41, 5.74) is 5.08. The van der Waals surface area contributed by atoms with Crippen LogP contribution in [-0.4, -0.2) is 53.4 Å². The van der Waals surface area contributed by atoms with Crippen LogP contribution in [0.3, 0.4) is 0 Å². The molecular formula is C41H41N3O8S2. The molecule has 1 aliphatic rings. The number of benzene rings is 4. The van der Waals surface area contributed by atoms with Crippen LogP contribution in [0.5, 0.6) is 0 Å². The molecule has 13 heteroatoms. The van der Waals surface area contributed by atoms with Crippen LogP contribution in [0.2, 0.25) is 0 Å². The first kappa shape index (κ1) is 38.8. The predicted molar refractivity (Wildman–Crippen MR) is 204 cm³/mol. The van der Waals surface area contributed by atoms with Crippen molar-refractivity contribution in [3.8, 4) is 0 Å². The molecule has 1 aromatic heterocycles. The normalized spacial score (nSPS) is 17.8. The summed E-state index contributed by atoms with van der Waals surface area (Å²) >= 11 is 1.31. The van der Waals surface area contributed by atoms with Gasteiger partial charge >= 0.3 is 5.97 Å². The number of nitrogens with zero attached hydrogens (tertiary/aromatic N) is 1. The molecular weight excluding hydrogens is 727 g/mol. The summed E-state index contributed by atoms with van der Waals surface area (Å²) < 4.78 is 42.0. The summed E-state index contributed by atoms with van der Waals surface area (Å²) in [5.74, 6) is -1.08. The largest absolute Gasteiger partial charge is 0.478 e. The number of hydrogen-bond donors (Lipinski definition) is 4. The van der Waals surface area contributed by atoms with E-state index >= 15 is 0 Å². The van der Waals surface area contributed by atoms with Crippen LogP contribution in [0, 0.1) is 6.92 Å². The Morgan fingerprint density at radius 3 is 2.22 bits per heavy atom. The van der Waals surface area contributed by atoms with E-state index in [-0.39, 0.29) is 42.2 Å². The van der Waals surface area contributed by atoms with E-state index in [1.807, 2.05) is 85.8 Å². The highest BCUT2D eigenvalue weighted by Crippen LogP contribution is 2.39. The van der Waals surface area contributed by atoms with Gasteiger partial charge in [0.05, 0.1) is 29.3 Å². The van der Waals surface area contributed by atoms with Crippen LogP contribution >= 0.6 is 11.8 Å². The van der Waals surface area contributed by atoms with Crippen LogP contribution in [0.15, 0.2) is 131 Å². The molecule has 4 aromatic carbocycles. The first-order chi connectivity index (χ1) is 26.1. The number of carbonyl (C=O) groups is 2. The fourth-order valence-electron chi connectivity index (χ4n) is 5.98. The lowest BCUT2D eigenvalue weighted by Gasteiger charge is -2.36. The van der Waals surface area contributed by atoms with Gasteiger partial charge in [-0.3, -0.25) is 4.79 Å². The average molecular weight is 768 g/mol. The smallest absolute Gasteiger partial charge is 0.338 e. The third-order valence-electron chi connectivity index (χ3n) is 8.97. The maximum absolute atomic E-state index is 13.5. The Morgan fingerprint density at radius 2 is 1.54 bits per heavy atom. The van der Waals surface area contributed by atoms with Crippen molar-refractivity contribution in [2.45, 2.75) is 67.4 Å². The van der Waals surface area contributed by atoms with Crippen molar-refractivity contribution in [3.05, 3.63) is 160 Å². The maximum atomic E-state index is 13.5. The molecule has 0 radical (unpaired) electrons. The van der Waals surface area contributed by atoms with Gasteiger partial charge in [-0.25, -0.2) is 18.2 Å². The first-order valence-electron chi connectivity index (χ1n) is 17.4. The van der Waals surface area contributed by atoms with Crippen molar-refractivity contribution in [1.29, 1.82) is 0 Å². The lowest BCUT2D eigenvalue weighted by Crippen LogP contribution is -2.47. The maximum Gasteiger partial charge on any atom is 0.338 e. The van der Waals surface area contributed by atoms with E-state index in [0.29, 0.717) is 17.2 Å². The van der Waals surface area contributed by atoms with Gasteiger partial charge in [-0.2, -0.15) is 4.72 Å². The quantitative estimate of drug-likeness (QED) is 0.0913. The molecule has 0 spiro atoms. The molecule has 5 aromatic rings. The minimum absolute atomic E-state index is 0.0731. The predicted octanol–water partition coefficient (Wildman–Crippen LogP) is 6.12. The molecule has 2 heterocycles. The number of nitrogens with one attached hydrogen (secondary N) is 2. The number of sulfonamides is 1. The number of pyridine rings is 1. The summed E-state index contributed by atoms with van der Waals surface area (Å²) in [6, 6.07) is 32.7. The molecule has 1 aliphatic heterocycles. The molecule has 4 atom stereocenters. The number of aliphatic hydroxyl groups is 1. The average Bonchev–Trinajstić information content (AvgIpc) is 3.19. The van der Waals surface area contributed by atoms with E-state index in [1.165, 1.54) is 30.0 Å². The number of carboxylic acids is 1. The Bertz CT molecular complexity index is 2130. The van der Waals surface area contributed by atoms with Crippen molar-refractivity contribution < 1.29 is 37.7 Å². The molecule has 54 heavy (non-hydrogen) atoms. The van der Waals surface area contributed by atoms with Gasteiger partial charge in [0, 0.05) is 30.5 Å². The van der Waals surface area contributed by atoms with Crippen molar-refractivity contribution in [3.63, 3.8) is 0 Å². The number of aromatic nitrogens is 1. The first-order valence-corrected chi connectivity index (χ1v) is 19.9. The number of aliphatic hydroxyl groups excluding tert-OH is 1. The van der Waals surface area contributed by atoms with Crippen LogP contribution in [0.4, 0.5) is 0 Å². The fraction of sp³-hybridized carbons (Fsp3) is 0.244. The topological polar surface area (TPSA) is 164 Å². The Balaban J connectivity index is 1.15. The molecule has 0 bridgehead atoms. The SMILES string of the molecule is Cc1ccc(S(=O)(=O)N[C@H](Cc2ccccc2)C(=O)NCc2ccc(C3O[C@H](CSc4ncccc4C(=O)O)C[C@H](c4ccc(CO)cc4)O3)cc2)cc1. The van der Waals surface area contributed by atoms with Crippen LogP contribution in [-0.2, 0) is 43.9 Å². The van der Waals surface area contributed by atoms with Gasteiger partial charge < -0.3 is 25.0 Å². The molecule has 1 fully saturated rings. The second-order valence-electron chi connectivity index (χ2n) is 13.0. The van der Waals surface area contributed by atoms with E-state index in [1.54, 1.807) is 24.4 Å². The highest BCUT2D eigenvalue weighted by atomic mass is 32.2. The Labute approximate surface area is 318 Å². The number of carbonyl (C=O) groups excluding carboxylic acids is 1. The van der Waals surface area contributed by atoms with Gasteiger partial charge in [0.25, 0.3) is 0 Å². The molecule has 1 amide bonds. The van der Waals surface area contributed by atoms with Crippen molar-refractivity contribution in [2.24, 2.45) is 0 Å². The molecule has 1 unspecified atom stereocenters. The summed E-state index contributed by atoms with van der Waals surface area (Å²) in [7, 11) is -3.98. The minimum Gasteiger partial charge on any atom is -0.478 e. The number of aryl methyl sites for hydroxylation is 1. The summed E-state index contributed by atoms with van der Waals surface area (Å²) in [5, 5.41) is 22.5. The molecule has 280 valence electrons. The molecule has 6 rings (SSSR count). The Hall–Kier alpha value is -4.89. The van der Waals surface area contributed by atoms with Crippen LogP contribution in [0.25, 0.3) is 0 Å². The number of ether oxygens (including phenoxy) is 2. The van der Waals surface area contributed by atoms with Crippen LogP contribution in [0.1, 0.15) is 62.6 Å². The number of aromatic carboxylic acids is 1. The van der Waals surface area contributed by atoms with E-state index in [4.69, 9.17) is 9.47 Å². The Kier molecular flexibility index (Phi) is 12.9. The number of thioether (sulfide) groups is 1. The molecule has 0 saturated carbocycles. The van der Waals surface area contributed by atoms with Crippen molar-refractivity contribution in [1.82, 2.24) is 15.0 Å². The van der Waals surface area contributed by atoms with Gasteiger partial charge in [-0.15, -0.1) is 11.8 Å². The zero-order valence-electron chi connectivity index (χ0n) is 29.5. The molecule has 1 saturated heterocycles. The monoisotopic (exact) mass is 767 g/mol. The Morgan fingerprint density at radius 1 is 0.852 bits per heavy atom. The van der Waals surface area contributed by atoms with E-state index in [0.717, 1.165) is 33.4 Å². The zero-order valence-corrected chi connectivity index (χ0v) is 31.1. The lowest BCUT2D eigenvalue weighted by atomic mass is 10.0. The van der Waals surface area contributed by atoms with Gasteiger partial charge in [-0.1, -0.05) is 96.6 Å². The molecule has 0 aliphatic carbocycles. The third kappa shape index (κ3) is 10.2. The molecule has 4 N–H and O–H groups in total. The number of hydrogen-bond acceptors (Lipinski definition) is 9. The fourth-order valence-corrected chi connectivity index (χ4v) is 8.18. The van der Waals surface area contributed by atoms with E-state index in [9.17, 15) is 28.2 Å². The van der Waals surface area contributed by atoms with Gasteiger partial charge in [0.1, 0.15) is 11.1 Å². The van der Waals surface area contributed by atoms with Crippen LogP contribution < -0.4 is 10.0 Å². The van der Waals surface area contributed by atoms with Crippen molar-refractivity contribution >= 4 is 33.7 Å². The number of carboxylic acid groups (broad SMARTS) is 1. The van der Waals surface area contributed by atoms with Gasteiger partial charge in [0.15, 0.2) is 6.29 Å². The summed E-state index contributed by atoms with van der Waals surface area (Å²) in [4.78, 5) is 29.6. The van der Waals surface area contributed by atoms with Gasteiger partial charge in [-0.05, 0) is 59.9 Å². The highest BCUT2D eigenvalue weighted by molar-refractivity contribution is 7.99. The van der Waals surface area contributed by atoms with E-state index in [2.05, 4.69) is 15.0 Å². The standard InChI is InChI=1S/C41H41N3O8S2/c1-27-9-19-34(20-10-27)54(49,50)44-36(22-28-6-3-2-4-7-28)38(46)43-24-29-11-17-32(18-12-29)41-51-33(26-53-39-35(40(47)48)8-5-21-42-39)23-37(52-41)31-15-13-30(25-45)14-16-31/h2-21,33,36-37,41,44-45H,22-26H2,1H3,(H,43,46)(H,47,48)/t33-,36+,37+,41?/m0/s1. The summed E-state index contributed by atoms with van der Waals surface area (Å²) in [6.45, 7) is 1.95. The lowest BCUT2D eigenvalue weighted by molar-refractivity contribution is -0.245. The van der Waals surface area contributed by atoms with Crippen molar-refractivity contribution in [2.75, 3.05) is 5.75 Å². The minimum atomic E-state index is -3.98. The van der Waals surface area contributed by atoms with E-state index < -0.39 is 34.2 Å². The second-order valence-corrected chi connectivity index (χ2v) is 15.7. The summed E-state index contributed by atoms with van der Waals surface area (Å²) in [6.07, 6.45) is 0.835. The second kappa shape index (κ2) is 18.0. The third-order valence-corrected chi connectivity index (χ3v) is 11.6. The van der Waals surface area contributed by atoms with Gasteiger partial charge in [0.2, 0.25) is 15.9 Å². The molecule has 11 nitrogen and oxygen atoms in total. The highest BCUT2D eigenvalue weighted by Gasteiger charge is 2.33. The number of rotatable bonds is 15. The number of amides is 1. The zero-order chi connectivity index (χ0) is 38.1.